The number of phenolic OH excluding ortho intramolecular Hbond substituents is 1. The van der Waals surface area contributed by atoms with Crippen molar-refractivity contribution in [2.45, 2.75) is 38.7 Å². The molecule has 0 aromatic heterocycles. The second kappa shape index (κ2) is 8.66. The Balaban J connectivity index is 1.71. The topological polar surface area (TPSA) is 158 Å². The molecule has 0 fully saturated rings. The molecule has 3 aliphatic rings. The number of aliphatic hydroxyl groups excluding tert-OH is 2. The normalized spacial score (nSPS) is 24.5. The van der Waals surface area contributed by atoms with E-state index in [-0.39, 0.29) is 41.9 Å². The van der Waals surface area contributed by atoms with Crippen molar-refractivity contribution < 1.29 is 44.3 Å². The summed E-state index contributed by atoms with van der Waals surface area (Å²) in [7, 11) is 1.47. The molecule has 0 unspecified atom stereocenters. The predicted octanol–water partition coefficient (Wildman–Crippen LogP) is 3.56. The van der Waals surface area contributed by atoms with E-state index in [1.165, 1.54) is 20.1 Å². The van der Waals surface area contributed by atoms with Crippen molar-refractivity contribution in [3.63, 3.8) is 0 Å². The van der Waals surface area contributed by atoms with Crippen LogP contribution in [-0.4, -0.2) is 56.3 Å². The van der Waals surface area contributed by atoms with Crippen LogP contribution in [0, 0.1) is 11.8 Å². The van der Waals surface area contributed by atoms with Gasteiger partial charge in [0.2, 0.25) is 5.78 Å². The number of ether oxygens (including phenoxy) is 1. The second-order valence-corrected chi connectivity index (χ2v) is 10.1. The zero-order chi connectivity index (χ0) is 27.7. The van der Waals surface area contributed by atoms with Gasteiger partial charge in [0.05, 0.1) is 12.7 Å². The molecular weight excluding hydrogens is 492 g/mol. The van der Waals surface area contributed by atoms with E-state index in [0.29, 0.717) is 28.0 Å². The Bertz CT molecular complexity index is 1530. The Morgan fingerprint density at radius 3 is 2.32 bits per heavy atom. The lowest BCUT2D eigenvalue weighted by Gasteiger charge is -2.45. The van der Waals surface area contributed by atoms with Gasteiger partial charge >= 0.3 is 0 Å². The van der Waals surface area contributed by atoms with Crippen LogP contribution >= 0.6 is 0 Å². The van der Waals surface area contributed by atoms with Crippen LogP contribution < -0.4 is 4.74 Å². The van der Waals surface area contributed by atoms with Gasteiger partial charge < -0.3 is 25.2 Å². The Kier molecular flexibility index (Phi) is 5.79. The highest BCUT2D eigenvalue weighted by molar-refractivity contribution is 6.25. The maximum atomic E-state index is 13.8. The number of ketones is 4. The molecule has 0 radical (unpaired) electrons. The molecule has 3 atom stereocenters. The number of carbonyl (C=O) groups is 4. The van der Waals surface area contributed by atoms with Gasteiger partial charge in [0.1, 0.15) is 28.6 Å². The summed E-state index contributed by atoms with van der Waals surface area (Å²) in [5, 5.41) is 43.7. The lowest BCUT2D eigenvalue weighted by atomic mass is 9.60. The number of carbonyl (C=O) groups excluding carboxylic acids is 4. The number of fused-ring (bicyclic) bond motifs is 3. The zero-order valence-electron chi connectivity index (χ0n) is 21.0. The van der Waals surface area contributed by atoms with E-state index >= 15 is 0 Å². The summed E-state index contributed by atoms with van der Waals surface area (Å²) in [6, 6.07) is 7.86. The molecule has 0 saturated heterocycles. The molecule has 0 spiro atoms. The van der Waals surface area contributed by atoms with Gasteiger partial charge in [-0.1, -0.05) is 6.07 Å². The van der Waals surface area contributed by atoms with E-state index in [0.717, 1.165) is 6.92 Å². The lowest BCUT2D eigenvalue weighted by molar-refractivity contribution is -0.144. The third kappa shape index (κ3) is 3.42. The Labute approximate surface area is 217 Å². The maximum Gasteiger partial charge on any atom is 0.209 e. The first-order valence-electron chi connectivity index (χ1n) is 12.1. The monoisotopic (exact) mass is 518 g/mol. The number of aliphatic hydroxyl groups is 3. The number of hydrogen-bond acceptors (Lipinski definition) is 9. The van der Waals surface area contributed by atoms with Crippen molar-refractivity contribution in [1.29, 1.82) is 0 Å². The summed E-state index contributed by atoms with van der Waals surface area (Å²) in [5.41, 5.74) is -1.46. The maximum absolute atomic E-state index is 13.8. The molecule has 0 amide bonds. The summed E-state index contributed by atoms with van der Waals surface area (Å²) in [4.78, 5) is 51.0. The molecular formula is C29H26O9. The van der Waals surface area contributed by atoms with Gasteiger partial charge in [-0.05, 0) is 68.0 Å². The van der Waals surface area contributed by atoms with E-state index < -0.39 is 51.9 Å². The molecule has 5 rings (SSSR count). The third-order valence-electron chi connectivity index (χ3n) is 7.95. The molecule has 2 aromatic rings. The standard InChI is InChI=1S/C29H26O9/c1-12(30)14-4-7-22(38-3)18(9-14)17-5-6-20(32)25-19(17)10-15-8-16-11-21(33)23(13(2)31)27(35)29(16,37)28(36)24(15)26(25)34/h4-7,9,15-16,32-33,36-37H,8,10-11H2,1-3H3/t15-,16+,29-/m1/s1. The number of rotatable bonds is 4. The van der Waals surface area contributed by atoms with Gasteiger partial charge in [0.15, 0.2) is 23.0 Å². The number of allylic oxidation sites excluding steroid dienone is 2. The van der Waals surface area contributed by atoms with Crippen LogP contribution in [-0.2, 0) is 16.0 Å². The first kappa shape index (κ1) is 25.4. The number of hydrogen-bond donors (Lipinski definition) is 4. The first-order chi connectivity index (χ1) is 17.9. The molecule has 0 saturated carbocycles. The molecule has 0 heterocycles. The van der Waals surface area contributed by atoms with Crippen molar-refractivity contribution in [2.24, 2.45) is 11.8 Å². The number of methoxy groups -OCH3 is 1. The van der Waals surface area contributed by atoms with Crippen LogP contribution in [0.15, 0.2) is 53.0 Å². The molecule has 2 aromatic carbocycles. The number of phenols is 1. The number of benzene rings is 2. The number of aromatic hydroxyl groups is 1. The average Bonchev–Trinajstić information content (AvgIpc) is 2.85. The zero-order valence-corrected chi connectivity index (χ0v) is 21.0. The summed E-state index contributed by atoms with van der Waals surface area (Å²) >= 11 is 0. The summed E-state index contributed by atoms with van der Waals surface area (Å²) in [6.45, 7) is 2.50. The largest absolute Gasteiger partial charge is 0.511 e. The third-order valence-corrected chi connectivity index (χ3v) is 7.95. The van der Waals surface area contributed by atoms with Crippen molar-refractivity contribution in [3.8, 4) is 22.6 Å². The molecule has 9 nitrogen and oxygen atoms in total. The Morgan fingerprint density at radius 2 is 1.68 bits per heavy atom. The van der Waals surface area contributed by atoms with Gasteiger partial charge in [-0.25, -0.2) is 0 Å². The molecule has 38 heavy (non-hydrogen) atoms. The molecule has 3 aliphatic carbocycles. The molecule has 4 N–H and O–H groups in total. The van der Waals surface area contributed by atoms with E-state index in [1.54, 1.807) is 24.3 Å². The van der Waals surface area contributed by atoms with Crippen LogP contribution in [0.25, 0.3) is 11.1 Å². The molecule has 0 aliphatic heterocycles. The van der Waals surface area contributed by atoms with Crippen LogP contribution in [0.4, 0.5) is 0 Å². The fourth-order valence-electron chi connectivity index (χ4n) is 6.12. The molecule has 196 valence electrons. The minimum Gasteiger partial charge on any atom is -0.511 e. The van der Waals surface area contributed by atoms with Crippen molar-refractivity contribution in [1.82, 2.24) is 0 Å². The van der Waals surface area contributed by atoms with Crippen LogP contribution in [0.3, 0.4) is 0 Å². The Hall–Kier alpha value is -4.24. The van der Waals surface area contributed by atoms with Crippen LogP contribution in [0.5, 0.6) is 11.5 Å². The van der Waals surface area contributed by atoms with Gasteiger partial charge in [-0.15, -0.1) is 0 Å². The van der Waals surface area contributed by atoms with Gasteiger partial charge in [0, 0.05) is 29.0 Å². The SMILES string of the molecule is COc1ccc(C(C)=O)cc1-c1ccc(O)c2c1C[C@H]1C[C@H]3CC(O)=C(C(C)=O)C(=O)[C@@]3(O)C(O)=C1C2=O. The molecule has 9 heteroatoms. The number of Topliss-reactive ketones (excluding diaryl/α,β-unsaturated/α-hetero) is 4. The van der Waals surface area contributed by atoms with E-state index in [4.69, 9.17) is 4.74 Å². The fraction of sp³-hybridized carbons (Fsp3) is 0.310. The van der Waals surface area contributed by atoms with E-state index in [9.17, 15) is 39.6 Å². The summed E-state index contributed by atoms with van der Waals surface area (Å²) in [5.74, 6) is -5.67. The van der Waals surface area contributed by atoms with Gasteiger partial charge in [-0.3, -0.25) is 19.2 Å². The minimum absolute atomic E-state index is 0.0573. The predicted molar refractivity (Wildman–Crippen MR) is 134 cm³/mol. The van der Waals surface area contributed by atoms with E-state index in [1.807, 2.05) is 0 Å². The highest BCUT2D eigenvalue weighted by Gasteiger charge is 2.59. The molecule has 0 bridgehead atoms. The smallest absolute Gasteiger partial charge is 0.209 e. The van der Waals surface area contributed by atoms with Gasteiger partial charge in [-0.2, -0.15) is 0 Å². The average molecular weight is 519 g/mol. The summed E-state index contributed by atoms with van der Waals surface area (Å²) < 4.78 is 5.50. The lowest BCUT2D eigenvalue weighted by Crippen LogP contribution is -2.56. The van der Waals surface area contributed by atoms with Crippen molar-refractivity contribution >= 4 is 23.1 Å². The highest BCUT2D eigenvalue weighted by Crippen LogP contribution is 2.52. The van der Waals surface area contributed by atoms with Gasteiger partial charge in [0.25, 0.3) is 0 Å². The summed E-state index contributed by atoms with van der Waals surface area (Å²) in [6.07, 6.45) is -0.0162. The quantitative estimate of drug-likeness (QED) is 0.351. The first-order valence-corrected chi connectivity index (χ1v) is 12.1. The van der Waals surface area contributed by atoms with Crippen LogP contribution in [0.2, 0.25) is 0 Å². The van der Waals surface area contributed by atoms with Crippen molar-refractivity contribution in [2.75, 3.05) is 7.11 Å². The second-order valence-electron chi connectivity index (χ2n) is 10.1. The minimum atomic E-state index is -2.54. The Morgan fingerprint density at radius 1 is 0.974 bits per heavy atom. The van der Waals surface area contributed by atoms with Crippen molar-refractivity contribution in [3.05, 3.63) is 69.7 Å². The fourth-order valence-corrected chi connectivity index (χ4v) is 6.12. The highest BCUT2D eigenvalue weighted by atomic mass is 16.5. The van der Waals surface area contributed by atoms with Crippen LogP contribution in [0.1, 0.15) is 53.0 Å². The van der Waals surface area contributed by atoms with E-state index in [2.05, 4.69) is 0 Å².